The van der Waals surface area contributed by atoms with Gasteiger partial charge in [0.15, 0.2) is 5.78 Å². The molecule has 23 heavy (non-hydrogen) atoms. The Bertz CT molecular complexity index is 656. The summed E-state index contributed by atoms with van der Waals surface area (Å²) >= 11 is 7.26. The van der Waals surface area contributed by atoms with Crippen LogP contribution in [-0.2, 0) is 9.53 Å². The third-order valence-corrected chi connectivity index (χ3v) is 4.83. The highest BCUT2D eigenvalue weighted by Gasteiger charge is 2.19. The SMILES string of the molecule is COC(=O)CS[C@@H](CC(=O)c1ccc(Cl)cc1)c1ccccc1. The molecule has 0 saturated carbocycles. The molecule has 1 atom stereocenters. The smallest absolute Gasteiger partial charge is 0.315 e. The van der Waals surface area contributed by atoms with E-state index >= 15 is 0 Å². The van der Waals surface area contributed by atoms with Crippen molar-refractivity contribution in [2.24, 2.45) is 0 Å². The Morgan fingerprint density at radius 1 is 1.09 bits per heavy atom. The number of benzene rings is 2. The fourth-order valence-corrected chi connectivity index (χ4v) is 3.29. The molecule has 5 heteroatoms. The Morgan fingerprint density at radius 3 is 2.35 bits per heavy atom. The second-order valence-electron chi connectivity index (χ2n) is 4.92. The van der Waals surface area contributed by atoms with Gasteiger partial charge in [0, 0.05) is 22.3 Å². The van der Waals surface area contributed by atoms with E-state index in [9.17, 15) is 9.59 Å². The Labute approximate surface area is 145 Å². The number of halogens is 1. The lowest BCUT2D eigenvalue weighted by Gasteiger charge is -2.16. The normalized spacial score (nSPS) is 11.7. The molecule has 2 rings (SSSR count). The average Bonchev–Trinajstić information content (AvgIpc) is 2.59. The predicted molar refractivity (Wildman–Crippen MR) is 94.1 cm³/mol. The minimum absolute atomic E-state index is 0.0212. The second-order valence-corrected chi connectivity index (χ2v) is 6.55. The van der Waals surface area contributed by atoms with Crippen LogP contribution in [0.25, 0.3) is 0 Å². The van der Waals surface area contributed by atoms with Crippen LogP contribution in [0.1, 0.15) is 27.6 Å². The molecule has 120 valence electrons. The minimum Gasteiger partial charge on any atom is -0.468 e. The highest BCUT2D eigenvalue weighted by atomic mass is 35.5. The van der Waals surface area contributed by atoms with Gasteiger partial charge in [-0.05, 0) is 29.8 Å². The average molecular weight is 349 g/mol. The van der Waals surface area contributed by atoms with Crippen LogP contribution in [0, 0.1) is 0 Å². The van der Waals surface area contributed by atoms with Crippen LogP contribution in [-0.4, -0.2) is 24.6 Å². The van der Waals surface area contributed by atoms with Crippen LogP contribution >= 0.6 is 23.4 Å². The molecular weight excluding hydrogens is 332 g/mol. The maximum atomic E-state index is 12.5. The van der Waals surface area contributed by atoms with E-state index in [2.05, 4.69) is 4.74 Å². The van der Waals surface area contributed by atoms with Crippen molar-refractivity contribution < 1.29 is 14.3 Å². The molecular formula is C18H17ClO3S. The minimum atomic E-state index is -0.296. The largest absolute Gasteiger partial charge is 0.468 e. The van der Waals surface area contributed by atoms with Gasteiger partial charge in [0.25, 0.3) is 0 Å². The van der Waals surface area contributed by atoms with Gasteiger partial charge >= 0.3 is 5.97 Å². The van der Waals surface area contributed by atoms with Crippen molar-refractivity contribution in [1.29, 1.82) is 0 Å². The zero-order valence-corrected chi connectivity index (χ0v) is 14.3. The molecule has 0 N–H and O–H groups in total. The van der Waals surface area contributed by atoms with Gasteiger partial charge in [-0.1, -0.05) is 41.9 Å². The first-order valence-corrected chi connectivity index (χ1v) is 8.55. The Hall–Kier alpha value is -1.78. The summed E-state index contributed by atoms with van der Waals surface area (Å²) in [7, 11) is 1.36. The van der Waals surface area contributed by atoms with Gasteiger partial charge in [-0.3, -0.25) is 9.59 Å². The Kier molecular flexibility index (Phi) is 6.68. The van der Waals surface area contributed by atoms with E-state index in [4.69, 9.17) is 11.6 Å². The Morgan fingerprint density at radius 2 is 1.74 bits per heavy atom. The molecule has 0 fully saturated rings. The molecule has 3 nitrogen and oxygen atoms in total. The lowest BCUT2D eigenvalue weighted by atomic mass is 10.0. The van der Waals surface area contributed by atoms with E-state index in [1.54, 1.807) is 24.3 Å². The van der Waals surface area contributed by atoms with Gasteiger partial charge in [0.2, 0.25) is 0 Å². The third kappa shape index (κ3) is 5.41. The summed E-state index contributed by atoms with van der Waals surface area (Å²) in [4.78, 5) is 23.9. The van der Waals surface area contributed by atoms with Crippen molar-refractivity contribution in [3.05, 3.63) is 70.7 Å². The van der Waals surface area contributed by atoms with Crippen LogP contribution in [0.2, 0.25) is 5.02 Å². The summed E-state index contributed by atoms with van der Waals surface area (Å²) in [6.45, 7) is 0. The number of carbonyl (C=O) groups excluding carboxylic acids is 2. The first kappa shape index (κ1) is 17.6. The number of methoxy groups -OCH3 is 1. The molecule has 0 unspecified atom stereocenters. The lowest BCUT2D eigenvalue weighted by molar-refractivity contribution is -0.137. The quantitative estimate of drug-likeness (QED) is 0.543. The molecule has 0 aliphatic heterocycles. The third-order valence-electron chi connectivity index (χ3n) is 3.34. The summed E-state index contributed by atoms with van der Waals surface area (Å²) in [6.07, 6.45) is 0.313. The van der Waals surface area contributed by atoms with Crippen LogP contribution in [0.3, 0.4) is 0 Å². The maximum Gasteiger partial charge on any atom is 0.315 e. The molecule has 0 aromatic heterocycles. The monoisotopic (exact) mass is 348 g/mol. The summed E-state index contributed by atoms with van der Waals surface area (Å²) in [5.74, 6) is -0.0630. The molecule has 0 aliphatic carbocycles. The standard InChI is InChI=1S/C18H17ClO3S/c1-22-18(21)12-23-17(14-5-3-2-4-6-14)11-16(20)13-7-9-15(19)10-8-13/h2-10,17H,11-12H2,1H3/t17-/m0/s1. The number of hydrogen-bond donors (Lipinski definition) is 0. The van der Waals surface area contributed by atoms with E-state index < -0.39 is 0 Å². The molecule has 0 bridgehead atoms. The van der Waals surface area contributed by atoms with E-state index in [0.29, 0.717) is 17.0 Å². The number of ketones is 1. The van der Waals surface area contributed by atoms with Crippen molar-refractivity contribution in [2.75, 3.05) is 12.9 Å². The molecule has 0 radical (unpaired) electrons. The van der Waals surface area contributed by atoms with E-state index in [0.717, 1.165) is 5.56 Å². The molecule has 2 aromatic carbocycles. The van der Waals surface area contributed by atoms with Crippen LogP contribution < -0.4 is 0 Å². The number of carbonyl (C=O) groups is 2. The maximum absolute atomic E-state index is 12.5. The first-order chi connectivity index (χ1) is 11.1. The molecule has 0 spiro atoms. The molecule has 0 aliphatic rings. The van der Waals surface area contributed by atoms with Crippen molar-refractivity contribution in [1.82, 2.24) is 0 Å². The highest BCUT2D eigenvalue weighted by Crippen LogP contribution is 2.33. The van der Waals surface area contributed by atoms with Crippen molar-refractivity contribution >= 4 is 35.1 Å². The summed E-state index contributed by atoms with van der Waals surface area (Å²) in [6, 6.07) is 16.5. The van der Waals surface area contributed by atoms with Gasteiger partial charge in [0.1, 0.15) is 0 Å². The number of thioether (sulfide) groups is 1. The van der Waals surface area contributed by atoms with Gasteiger partial charge < -0.3 is 4.74 Å². The van der Waals surface area contributed by atoms with Gasteiger partial charge in [-0.2, -0.15) is 0 Å². The second kappa shape index (κ2) is 8.75. The fraction of sp³-hybridized carbons (Fsp3) is 0.222. The first-order valence-electron chi connectivity index (χ1n) is 7.12. The fourth-order valence-electron chi connectivity index (χ4n) is 2.09. The zero-order chi connectivity index (χ0) is 16.7. The van der Waals surface area contributed by atoms with Crippen LogP contribution in [0.15, 0.2) is 54.6 Å². The van der Waals surface area contributed by atoms with Gasteiger partial charge in [-0.15, -0.1) is 11.8 Å². The number of Topliss-reactive ketones (excluding diaryl/α,β-unsaturated/α-hetero) is 1. The van der Waals surface area contributed by atoms with Crippen molar-refractivity contribution in [2.45, 2.75) is 11.7 Å². The number of ether oxygens (including phenoxy) is 1. The topological polar surface area (TPSA) is 43.4 Å². The predicted octanol–water partition coefficient (Wildman–Crippen LogP) is 4.56. The molecule has 0 saturated heterocycles. The van der Waals surface area contributed by atoms with Crippen molar-refractivity contribution in [3.63, 3.8) is 0 Å². The van der Waals surface area contributed by atoms with Gasteiger partial charge in [-0.25, -0.2) is 0 Å². The molecule has 2 aromatic rings. The lowest BCUT2D eigenvalue weighted by Crippen LogP contribution is -2.09. The van der Waals surface area contributed by atoms with Crippen LogP contribution in [0.4, 0.5) is 0 Å². The van der Waals surface area contributed by atoms with E-state index in [1.807, 2.05) is 30.3 Å². The van der Waals surface area contributed by atoms with E-state index in [-0.39, 0.29) is 22.8 Å². The summed E-state index contributed by atoms with van der Waals surface area (Å²) in [5, 5.41) is 0.500. The molecule has 0 heterocycles. The summed E-state index contributed by atoms with van der Waals surface area (Å²) in [5.41, 5.74) is 1.64. The highest BCUT2D eigenvalue weighted by molar-refractivity contribution is 8.00. The zero-order valence-electron chi connectivity index (χ0n) is 12.7. The molecule has 0 amide bonds. The Balaban J connectivity index is 2.11. The van der Waals surface area contributed by atoms with Crippen molar-refractivity contribution in [3.8, 4) is 0 Å². The van der Waals surface area contributed by atoms with Gasteiger partial charge in [0.05, 0.1) is 12.9 Å². The number of esters is 1. The summed E-state index contributed by atoms with van der Waals surface area (Å²) < 4.78 is 4.68. The van der Waals surface area contributed by atoms with Crippen LogP contribution in [0.5, 0.6) is 0 Å². The number of rotatable bonds is 7. The van der Waals surface area contributed by atoms with E-state index in [1.165, 1.54) is 18.9 Å². The number of hydrogen-bond acceptors (Lipinski definition) is 4.